The summed E-state index contributed by atoms with van der Waals surface area (Å²) in [7, 11) is 0. The number of hydrogen-bond acceptors (Lipinski definition) is 3. The third-order valence-corrected chi connectivity index (χ3v) is 2.95. The Morgan fingerprint density at radius 3 is 2.68 bits per heavy atom. The molecule has 1 aromatic rings. The minimum Gasteiger partial charge on any atom is -0.330 e. The van der Waals surface area contributed by atoms with E-state index in [2.05, 4.69) is 25.2 Å². The van der Waals surface area contributed by atoms with Crippen LogP contribution in [0.1, 0.15) is 32.3 Å². The Morgan fingerprint density at radius 2 is 2.11 bits per heavy atom. The number of hydrogen-bond donors (Lipinski definition) is 2. The fourth-order valence-corrected chi connectivity index (χ4v) is 2.05. The highest BCUT2D eigenvalue weighted by molar-refractivity contribution is 5.93. The first-order valence-corrected chi connectivity index (χ1v) is 6.58. The zero-order valence-electron chi connectivity index (χ0n) is 11.5. The Kier molecular flexibility index (Phi) is 6.04. The molecule has 102 valence electrons. The van der Waals surface area contributed by atoms with Gasteiger partial charge in [0.1, 0.15) is 6.07 Å². The van der Waals surface area contributed by atoms with Crippen LogP contribution < -0.4 is 11.1 Å². The van der Waals surface area contributed by atoms with Crippen molar-refractivity contribution in [1.29, 1.82) is 5.26 Å². The van der Waals surface area contributed by atoms with Crippen molar-refractivity contribution < 1.29 is 4.79 Å². The molecule has 0 radical (unpaired) electrons. The molecule has 0 aliphatic heterocycles. The second-order valence-electron chi connectivity index (χ2n) is 5.05. The highest BCUT2D eigenvalue weighted by Crippen LogP contribution is 2.19. The summed E-state index contributed by atoms with van der Waals surface area (Å²) in [5.74, 6) is 0.284. The molecule has 1 rings (SSSR count). The van der Waals surface area contributed by atoms with Crippen molar-refractivity contribution >= 4 is 11.6 Å². The maximum absolute atomic E-state index is 12.2. The number of nitrogens with two attached hydrogens (primary N) is 1. The largest absolute Gasteiger partial charge is 0.330 e. The molecule has 0 spiro atoms. The Labute approximate surface area is 114 Å². The molecule has 1 unspecified atom stereocenters. The zero-order valence-corrected chi connectivity index (χ0v) is 11.5. The van der Waals surface area contributed by atoms with Gasteiger partial charge in [-0.15, -0.1) is 0 Å². The molecule has 0 bridgehead atoms. The third kappa shape index (κ3) is 4.72. The van der Waals surface area contributed by atoms with Gasteiger partial charge >= 0.3 is 0 Å². The standard InChI is InChI=1S/C15H21N3O/c1-11(2)9-12(7-8-16)15(19)18-14-6-4-3-5-13(14)10-17/h3-6,11-12H,7-9,16H2,1-2H3,(H,18,19). The van der Waals surface area contributed by atoms with Gasteiger partial charge in [-0.3, -0.25) is 4.79 Å². The van der Waals surface area contributed by atoms with E-state index in [1.165, 1.54) is 0 Å². The predicted molar refractivity (Wildman–Crippen MR) is 76.4 cm³/mol. The van der Waals surface area contributed by atoms with Gasteiger partial charge in [0.25, 0.3) is 0 Å². The molecule has 1 atom stereocenters. The van der Waals surface area contributed by atoms with Crippen LogP contribution in [0.25, 0.3) is 0 Å². The van der Waals surface area contributed by atoms with Crippen LogP contribution in [0.2, 0.25) is 0 Å². The van der Waals surface area contributed by atoms with Crippen LogP contribution in [0.3, 0.4) is 0 Å². The Balaban J connectivity index is 2.78. The highest BCUT2D eigenvalue weighted by Gasteiger charge is 2.19. The van der Waals surface area contributed by atoms with Crippen LogP contribution in [-0.2, 0) is 4.79 Å². The van der Waals surface area contributed by atoms with E-state index in [0.717, 1.165) is 6.42 Å². The van der Waals surface area contributed by atoms with Gasteiger partial charge in [0.05, 0.1) is 11.3 Å². The van der Waals surface area contributed by atoms with E-state index >= 15 is 0 Å². The Bertz CT molecular complexity index is 463. The maximum Gasteiger partial charge on any atom is 0.227 e. The molecule has 0 fully saturated rings. The topological polar surface area (TPSA) is 78.9 Å². The third-order valence-electron chi connectivity index (χ3n) is 2.95. The van der Waals surface area contributed by atoms with Crippen LogP contribution in [-0.4, -0.2) is 12.5 Å². The average Bonchev–Trinajstić information content (AvgIpc) is 2.38. The first kappa shape index (κ1) is 15.2. The first-order valence-electron chi connectivity index (χ1n) is 6.58. The number of carbonyl (C=O) groups is 1. The summed E-state index contributed by atoms with van der Waals surface area (Å²) in [6.45, 7) is 4.66. The van der Waals surface area contributed by atoms with Crippen LogP contribution >= 0.6 is 0 Å². The van der Waals surface area contributed by atoms with Gasteiger partial charge in [0.2, 0.25) is 5.91 Å². The number of para-hydroxylation sites is 1. The van der Waals surface area contributed by atoms with Crippen molar-refractivity contribution in [2.45, 2.75) is 26.7 Å². The lowest BCUT2D eigenvalue weighted by Gasteiger charge is -2.18. The lowest BCUT2D eigenvalue weighted by Crippen LogP contribution is -2.26. The van der Waals surface area contributed by atoms with Crippen molar-refractivity contribution in [3.05, 3.63) is 29.8 Å². The van der Waals surface area contributed by atoms with Gasteiger partial charge < -0.3 is 11.1 Å². The minimum absolute atomic E-state index is 0.0538. The maximum atomic E-state index is 12.2. The molecule has 0 saturated carbocycles. The second kappa shape index (κ2) is 7.55. The van der Waals surface area contributed by atoms with Gasteiger partial charge in [-0.1, -0.05) is 26.0 Å². The van der Waals surface area contributed by atoms with E-state index in [1.54, 1.807) is 24.3 Å². The molecule has 1 aromatic carbocycles. The molecular weight excluding hydrogens is 238 g/mol. The molecule has 0 aromatic heterocycles. The molecule has 0 aliphatic rings. The number of benzene rings is 1. The number of rotatable bonds is 6. The number of anilines is 1. The Morgan fingerprint density at radius 1 is 1.42 bits per heavy atom. The highest BCUT2D eigenvalue weighted by atomic mass is 16.1. The van der Waals surface area contributed by atoms with E-state index in [-0.39, 0.29) is 11.8 Å². The smallest absolute Gasteiger partial charge is 0.227 e. The summed E-state index contributed by atoms with van der Waals surface area (Å²) < 4.78 is 0. The molecule has 0 saturated heterocycles. The quantitative estimate of drug-likeness (QED) is 0.823. The van der Waals surface area contributed by atoms with E-state index in [4.69, 9.17) is 11.0 Å². The van der Waals surface area contributed by atoms with Crippen molar-refractivity contribution in [2.24, 2.45) is 17.6 Å². The van der Waals surface area contributed by atoms with E-state index in [0.29, 0.717) is 30.1 Å². The van der Waals surface area contributed by atoms with Gasteiger partial charge in [-0.2, -0.15) is 5.26 Å². The minimum atomic E-state index is -0.100. The molecule has 4 heteroatoms. The van der Waals surface area contributed by atoms with Crippen LogP contribution in [0.15, 0.2) is 24.3 Å². The van der Waals surface area contributed by atoms with Crippen molar-refractivity contribution in [3.63, 3.8) is 0 Å². The molecule has 0 heterocycles. The average molecular weight is 259 g/mol. The monoisotopic (exact) mass is 259 g/mol. The summed E-state index contributed by atoms with van der Waals surface area (Å²) in [6, 6.07) is 9.08. The van der Waals surface area contributed by atoms with Crippen LogP contribution in [0, 0.1) is 23.2 Å². The van der Waals surface area contributed by atoms with Crippen molar-refractivity contribution in [1.82, 2.24) is 0 Å². The van der Waals surface area contributed by atoms with Gasteiger partial charge in [-0.25, -0.2) is 0 Å². The van der Waals surface area contributed by atoms with Gasteiger partial charge in [0, 0.05) is 5.92 Å². The summed E-state index contributed by atoms with van der Waals surface area (Å²) in [6.07, 6.45) is 1.47. The van der Waals surface area contributed by atoms with E-state index < -0.39 is 0 Å². The lowest BCUT2D eigenvalue weighted by molar-refractivity contribution is -0.120. The lowest BCUT2D eigenvalue weighted by atomic mass is 9.93. The van der Waals surface area contributed by atoms with E-state index in [1.807, 2.05) is 0 Å². The molecule has 4 nitrogen and oxygen atoms in total. The number of nitrogens with zero attached hydrogens (tertiary/aromatic N) is 1. The van der Waals surface area contributed by atoms with Crippen molar-refractivity contribution in [2.75, 3.05) is 11.9 Å². The fraction of sp³-hybridized carbons (Fsp3) is 0.467. The SMILES string of the molecule is CC(C)CC(CCN)C(=O)Nc1ccccc1C#N. The normalized spacial score (nSPS) is 11.9. The summed E-state index contributed by atoms with van der Waals surface area (Å²) in [5, 5.41) is 11.8. The fourth-order valence-electron chi connectivity index (χ4n) is 2.05. The van der Waals surface area contributed by atoms with Crippen LogP contribution in [0.4, 0.5) is 5.69 Å². The summed E-state index contributed by atoms with van der Waals surface area (Å²) >= 11 is 0. The summed E-state index contributed by atoms with van der Waals surface area (Å²) in [4.78, 5) is 12.2. The number of carbonyl (C=O) groups excluding carboxylic acids is 1. The first-order chi connectivity index (χ1) is 9.08. The zero-order chi connectivity index (χ0) is 14.3. The molecule has 3 N–H and O–H groups in total. The second-order valence-corrected chi connectivity index (χ2v) is 5.05. The van der Waals surface area contributed by atoms with Crippen molar-refractivity contribution in [3.8, 4) is 6.07 Å². The number of nitrogens with one attached hydrogen (secondary N) is 1. The van der Waals surface area contributed by atoms with Gasteiger partial charge in [0.15, 0.2) is 0 Å². The van der Waals surface area contributed by atoms with E-state index in [9.17, 15) is 4.79 Å². The number of nitriles is 1. The summed E-state index contributed by atoms with van der Waals surface area (Å²) in [5.41, 5.74) is 6.61. The Hall–Kier alpha value is -1.86. The molecular formula is C15H21N3O. The molecule has 19 heavy (non-hydrogen) atoms. The van der Waals surface area contributed by atoms with Crippen LogP contribution in [0.5, 0.6) is 0 Å². The number of amides is 1. The predicted octanol–water partition coefficient (Wildman–Crippen LogP) is 2.51. The van der Waals surface area contributed by atoms with Gasteiger partial charge in [-0.05, 0) is 37.4 Å². The molecule has 0 aliphatic carbocycles. The molecule has 1 amide bonds.